The molecule has 1 heterocycles. The Morgan fingerprint density at radius 1 is 1.26 bits per heavy atom. The van der Waals surface area contributed by atoms with Gasteiger partial charge in [0.05, 0.1) is 19.3 Å². The summed E-state index contributed by atoms with van der Waals surface area (Å²) in [5, 5.41) is 0. The first-order valence-corrected chi connectivity index (χ1v) is 6.19. The molecule has 0 atom stereocenters. The fraction of sp³-hybridized carbons (Fsp3) is 0.571. The van der Waals surface area contributed by atoms with E-state index in [-0.39, 0.29) is 5.57 Å². The van der Waals surface area contributed by atoms with Crippen molar-refractivity contribution in [2.75, 3.05) is 13.7 Å². The van der Waals surface area contributed by atoms with Crippen LogP contribution in [0, 0.1) is 0 Å². The standard InChI is InChI=1S/C14H20O5/c1-14(2,3)19-12(15)8-7-10(13(16)17-4)11-6-5-9-18-11/h7-8H,5-6,9H2,1-4H3/b8-7+,11-10+. The lowest BCUT2D eigenvalue weighted by Gasteiger charge is -2.17. The first kappa shape index (κ1) is 15.3. The highest BCUT2D eigenvalue weighted by Crippen LogP contribution is 2.22. The summed E-state index contributed by atoms with van der Waals surface area (Å²) in [4.78, 5) is 23.2. The number of methoxy groups -OCH3 is 1. The molecular weight excluding hydrogens is 248 g/mol. The lowest BCUT2D eigenvalue weighted by Crippen LogP contribution is -2.22. The molecule has 0 aliphatic carbocycles. The maximum absolute atomic E-state index is 11.6. The Morgan fingerprint density at radius 2 is 1.95 bits per heavy atom. The summed E-state index contributed by atoms with van der Waals surface area (Å²) in [5.74, 6) is -0.462. The number of hydrogen-bond acceptors (Lipinski definition) is 5. The summed E-state index contributed by atoms with van der Waals surface area (Å²) in [6.07, 6.45) is 4.13. The molecule has 1 aliphatic heterocycles. The van der Waals surface area contributed by atoms with E-state index in [2.05, 4.69) is 4.74 Å². The van der Waals surface area contributed by atoms with E-state index in [1.165, 1.54) is 19.3 Å². The minimum absolute atomic E-state index is 0.269. The molecule has 106 valence electrons. The van der Waals surface area contributed by atoms with Crippen LogP contribution in [0.1, 0.15) is 33.6 Å². The summed E-state index contributed by atoms with van der Waals surface area (Å²) in [5.41, 5.74) is -0.296. The molecule has 1 fully saturated rings. The number of carbonyl (C=O) groups is 2. The largest absolute Gasteiger partial charge is 0.497 e. The van der Waals surface area contributed by atoms with Gasteiger partial charge in [-0.05, 0) is 33.3 Å². The predicted octanol–water partition coefficient (Wildman–Crippen LogP) is 2.12. The van der Waals surface area contributed by atoms with E-state index in [4.69, 9.17) is 9.47 Å². The van der Waals surface area contributed by atoms with E-state index in [1.807, 2.05) is 0 Å². The number of ether oxygens (including phenoxy) is 3. The third-order valence-corrected chi connectivity index (χ3v) is 2.32. The molecule has 0 aromatic rings. The van der Waals surface area contributed by atoms with Gasteiger partial charge in [0.25, 0.3) is 0 Å². The van der Waals surface area contributed by atoms with Gasteiger partial charge in [-0.15, -0.1) is 0 Å². The Labute approximate surface area is 113 Å². The van der Waals surface area contributed by atoms with Crippen molar-refractivity contribution in [2.24, 2.45) is 0 Å². The first-order valence-electron chi connectivity index (χ1n) is 6.19. The quantitative estimate of drug-likeness (QED) is 0.579. The minimum Gasteiger partial charge on any atom is -0.497 e. The van der Waals surface area contributed by atoms with Gasteiger partial charge in [-0.1, -0.05) is 0 Å². The molecule has 1 aliphatic rings. The smallest absolute Gasteiger partial charge is 0.341 e. The molecule has 1 saturated heterocycles. The van der Waals surface area contributed by atoms with Crippen molar-refractivity contribution in [1.29, 1.82) is 0 Å². The Bertz CT molecular complexity index is 404. The second-order valence-corrected chi connectivity index (χ2v) is 5.15. The third-order valence-electron chi connectivity index (χ3n) is 2.32. The van der Waals surface area contributed by atoms with Crippen LogP contribution in [0.2, 0.25) is 0 Å². The van der Waals surface area contributed by atoms with Gasteiger partial charge in [-0.3, -0.25) is 0 Å². The lowest BCUT2D eigenvalue weighted by atomic mass is 10.1. The highest BCUT2D eigenvalue weighted by Gasteiger charge is 2.20. The summed E-state index contributed by atoms with van der Waals surface area (Å²) < 4.78 is 15.1. The molecule has 0 aromatic carbocycles. The van der Waals surface area contributed by atoms with Gasteiger partial charge < -0.3 is 14.2 Å². The van der Waals surface area contributed by atoms with Gasteiger partial charge >= 0.3 is 11.9 Å². The Balaban J connectivity index is 2.82. The molecule has 5 nitrogen and oxygen atoms in total. The van der Waals surface area contributed by atoms with Gasteiger partial charge in [-0.2, -0.15) is 0 Å². The number of allylic oxidation sites excluding steroid dienone is 1. The molecule has 0 amide bonds. The molecule has 0 saturated carbocycles. The predicted molar refractivity (Wildman–Crippen MR) is 69.2 cm³/mol. The Hall–Kier alpha value is -1.78. The van der Waals surface area contributed by atoms with Crippen molar-refractivity contribution >= 4 is 11.9 Å². The molecule has 0 N–H and O–H groups in total. The summed E-state index contributed by atoms with van der Waals surface area (Å²) in [6, 6.07) is 0. The van der Waals surface area contributed by atoms with Crippen LogP contribution in [0.15, 0.2) is 23.5 Å². The zero-order valence-corrected chi connectivity index (χ0v) is 11.8. The van der Waals surface area contributed by atoms with Crippen molar-refractivity contribution in [3.05, 3.63) is 23.5 Å². The molecule has 19 heavy (non-hydrogen) atoms. The van der Waals surface area contributed by atoms with E-state index in [9.17, 15) is 9.59 Å². The summed E-state index contributed by atoms with van der Waals surface area (Å²) in [6.45, 7) is 5.91. The lowest BCUT2D eigenvalue weighted by molar-refractivity contribution is -0.148. The molecule has 0 aromatic heterocycles. The van der Waals surface area contributed by atoms with Crippen LogP contribution in [0.25, 0.3) is 0 Å². The number of esters is 2. The average molecular weight is 268 g/mol. The maximum Gasteiger partial charge on any atom is 0.341 e. The van der Waals surface area contributed by atoms with Crippen LogP contribution >= 0.6 is 0 Å². The average Bonchev–Trinajstić information content (AvgIpc) is 2.80. The summed E-state index contributed by atoms with van der Waals surface area (Å²) in [7, 11) is 1.29. The van der Waals surface area contributed by atoms with Crippen LogP contribution in [0.3, 0.4) is 0 Å². The molecule has 0 unspecified atom stereocenters. The Kier molecular flexibility index (Phi) is 5.15. The second-order valence-electron chi connectivity index (χ2n) is 5.15. The van der Waals surface area contributed by atoms with Crippen molar-refractivity contribution in [1.82, 2.24) is 0 Å². The van der Waals surface area contributed by atoms with Crippen molar-refractivity contribution in [2.45, 2.75) is 39.2 Å². The Morgan fingerprint density at radius 3 is 2.42 bits per heavy atom. The maximum atomic E-state index is 11.6. The SMILES string of the molecule is COC(=O)C(/C=C/C(=O)OC(C)(C)C)=C1\CCCO1. The van der Waals surface area contributed by atoms with E-state index in [1.54, 1.807) is 20.8 Å². The third kappa shape index (κ3) is 5.16. The van der Waals surface area contributed by atoms with Crippen LogP contribution in [-0.4, -0.2) is 31.3 Å². The van der Waals surface area contributed by atoms with Crippen LogP contribution in [-0.2, 0) is 23.8 Å². The molecule has 1 rings (SSSR count). The topological polar surface area (TPSA) is 61.8 Å². The van der Waals surface area contributed by atoms with Gasteiger partial charge in [0.2, 0.25) is 0 Å². The van der Waals surface area contributed by atoms with Crippen LogP contribution in [0.5, 0.6) is 0 Å². The highest BCUT2D eigenvalue weighted by atomic mass is 16.6. The van der Waals surface area contributed by atoms with Crippen LogP contribution in [0.4, 0.5) is 0 Å². The fourth-order valence-electron chi connectivity index (χ4n) is 1.58. The van der Waals surface area contributed by atoms with Crippen LogP contribution < -0.4 is 0 Å². The number of carbonyl (C=O) groups excluding carboxylic acids is 2. The van der Waals surface area contributed by atoms with Crippen molar-refractivity contribution < 1.29 is 23.8 Å². The molecule has 0 bridgehead atoms. The van der Waals surface area contributed by atoms with Gasteiger partial charge in [0, 0.05) is 12.5 Å². The van der Waals surface area contributed by atoms with E-state index >= 15 is 0 Å². The summed E-state index contributed by atoms with van der Waals surface area (Å²) >= 11 is 0. The van der Waals surface area contributed by atoms with Gasteiger partial charge in [0.15, 0.2) is 0 Å². The molecule has 0 radical (unpaired) electrons. The van der Waals surface area contributed by atoms with Crippen molar-refractivity contribution in [3.8, 4) is 0 Å². The number of rotatable bonds is 3. The van der Waals surface area contributed by atoms with E-state index < -0.39 is 17.5 Å². The zero-order valence-electron chi connectivity index (χ0n) is 11.8. The molecule has 0 spiro atoms. The van der Waals surface area contributed by atoms with E-state index in [0.717, 1.165) is 6.42 Å². The fourth-order valence-corrected chi connectivity index (χ4v) is 1.58. The molecule has 5 heteroatoms. The molecular formula is C14H20O5. The highest BCUT2D eigenvalue weighted by molar-refractivity contribution is 5.94. The minimum atomic E-state index is -0.566. The van der Waals surface area contributed by atoms with Crippen molar-refractivity contribution in [3.63, 3.8) is 0 Å². The normalized spacial score (nSPS) is 18.1. The number of hydrogen-bond donors (Lipinski definition) is 0. The van der Waals surface area contributed by atoms with Gasteiger partial charge in [-0.25, -0.2) is 9.59 Å². The van der Waals surface area contributed by atoms with Gasteiger partial charge in [0.1, 0.15) is 11.4 Å². The zero-order chi connectivity index (χ0) is 14.5. The first-order chi connectivity index (χ1) is 8.83. The monoisotopic (exact) mass is 268 g/mol. The van der Waals surface area contributed by atoms with E-state index in [0.29, 0.717) is 18.8 Å². The second kappa shape index (κ2) is 6.41.